The molecule has 0 bridgehead atoms. The maximum atomic E-state index is 14.5. The first-order chi connectivity index (χ1) is 30.8. The van der Waals surface area contributed by atoms with Crippen LogP contribution in [0.25, 0.3) is 11.2 Å². The molecule has 64 heavy (non-hydrogen) atoms. The van der Waals surface area contributed by atoms with E-state index < -0.39 is 54.1 Å². The first-order valence-electron chi connectivity index (χ1n) is 20.1. The number of carbonyl (C=O) groups excluding carboxylic acids is 2. The second kappa shape index (κ2) is 19.3. The highest BCUT2D eigenvalue weighted by Crippen LogP contribution is 2.43. The highest BCUT2D eigenvalue weighted by molar-refractivity contribution is 5.90. The van der Waals surface area contributed by atoms with E-state index in [9.17, 15) is 22.8 Å². The molecule has 6 aromatic rings. The van der Waals surface area contributed by atoms with Gasteiger partial charge in [0.1, 0.15) is 47.4 Å². The smallest absolute Gasteiger partial charge is 0.471 e. The molecule has 336 valence electrons. The summed E-state index contributed by atoms with van der Waals surface area (Å²) in [4.78, 5) is 42.2. The van der Waals surface area contributed by atoms with Crippen molar-refractivity contribution in [2.75, 3.05) is 54.0 Å². The molecule has 1 saturated heterocycles. The van der Waals surface area contributed by atoms with Crippen LogP contribution in [0.3, 0.4) is 0 Å². The number of benzene rings is 4. The van der Waals surface area contributed by atoms with Crippen molar-refractivity contribution in [2.24, 2.45) is 0 Å². The lowest BCUT2D eigenvalue weighted by Crippen LogP contribution is -2.57. The van der Waals surface area contributed by atoms with Gasteiger partial charge in [-0.25, -0.2) is 15.0 Å². The van der Waals surface area contributed by atoms with Crippen molar-refractivity contribution in [1.29, 1.82) is 0 Å². The van der Waals surface area contributed by atoms with E-state index in [1.807, 2.05) is 98.3 Å². The van der Waals surface area contributed by atoms with Crippen molar-refractivity contribution in [3.8, 4) is 17.2 Å². The zero-order valence-electron chi connectivity index (χ0n) is 35.9. The van der Waals surface area contributed by atoms with E-state index in [-0.39, 0.29) is 13.0 Å². The van der Waals surface area contributed by atoms with Gasteiger partial charge < -0.3 is 44.0 Å². The summed E-state index contributed by atoms with van der Waals surface area (Å²) in [6, 6.07) is 27.9. The molecule has 1 aliphatic heterocycles. The average Bonchev–Trinajstić information content (AvgIpc) is 3.90. The standard InChI is InChI=1S/C46H48F3N7O8/c1-55(2)40-38-41(51-26-50-40)56(27-52-38)43-39(62-6)37(54-42(57)35(53-44(58)46(47,48)49)24-28-12-18-32(59-3)19-13-28)36(64-43)25-63-45(29-10-8-7-9-11-29,30-14-20-33(60-4)21-15-30)31-16-22-34(61-5)23-17-31/h7-23,26-27,35-37,39,43H,24-25H2,1-6H3,(H,53,58)(H,54,57)/t35-,36+,37+,39+,43+/m0/s1. The molecule has 18 heteroatoms. The summed E-state index contributed by atoms with van der Waals surface area (Å²) >= 11 is 0. The molecular weight excluding hydrogens is 836 g/mol. The molecule has 2 aromatic heterocycles. The lowest BCUT2D eigenvalue weighted by molar-refractivity contribution is -0.174. The fourth-order valence-electron chi connectivity index (χ4n) is 7.88. The Bertz CT molecular complexity index is 2460. The van der Waals surface area contributed by atoms with E-state index in [0.29, 0.717) is 50.9 Å². The van der Waals surface area contributed by atoms with Gasteiger partial charge in [-0.15, -0.1) is 0 Å². The quantitative estimate of drug-likeness (QED) is 0.109. The number of fused-ring (bicyclic) bond motifs is 1. The number of methoxy groups -OCH3 is 4. The number of imidazole rings is 1. The van der Waals surface area contributed by atoms with Gasteiger partial charge >= 0.3 is 12.1 Å². The highest BCUT2D eigenvalue weighted by atomic mass is 19.4. The van der Waals surface area contributed by atoms with Gasteiger partial charge in [0.2, 0.25) is 5.91 Å². The minimum atomic E-state index is -5.27. The predicted molar refractivity (Wildman–Crippen MR) is 229 cm³/mol. The number of alkyl halides is 3. The molecule has 0 saturated carbocycles. The van der Waals surface area contributed by atoms with E-state index in [4.69, 9.17) is 28.4 Å². The van der Waals surface area contributed by atoms with Crippen molar-refractivity contribution in [2.45, 2.75) is 48.7 Å². The second-order valence-electron chi connectivity index (χ2n) is 15.1. The first kappa shape index (κ1) is 45.3. The first-order valence-corrected chi connectivity index (χ1v) is 20.1. The molecule has 1 fully saturated rings. The molecule has 4 aromatic carbocycles. The van der Waals surface area contributed by atoms with Gasteiger partial charge in [0.05, 0.1) is 40.3 Å². The van der Waals surface area contributed by atoms with Gasteiger partial charge in [-0.3, -0.25) is 14.2 Å². The van der Waals surface area contributed by atoms with Crippen molar-refractivity contribution in [1.82, 2.24) is 30.2 Å². The van der Waals surface area contributed by atoms with E-state index in [1.165, 1.54) is 26.9 Å². The summed E-state index contributed by atoms with van der Waals surface area (Å²) in [7, 11) is 9.66. The van der Waals surface area contributed by atoms with Crippen molar-refractivity contribution in [3.63, 3.8) is 0 Å². The van der Waals surface area contributed by atoms with Crippen LogP contribution in [-0.2, 0) is 35.8 Å². The van der Waals surface area contributed by atoms with Crippen LogP contribution in [0.2, 0.25) is 0 Å². The maximum absolute atomic E-state index is 14.5. The van der Waals surface area contributed by atoms with E-state index in [2.05, 4.69) is 20.3 Å². The molecule has 0 radical (unpaired) electrons. The van der Waals surface area contributed by atoms with Gasteiger partial charge in [0.25, 0.3) is 0 Å². The number of nitrogens with zero attached hydrogens (tertiary/aromatic N) is 5. The number of ether oxygens (including phenoxy) is 6. The Hall–Kier alpha value is -6.76. The van der Waals surface area contributed by atoms with Crippen molar-refractivity contribution in [3.05, 3.63) is 138 Å². The Labute approximate surface area is 367 Å². The third-order valence-electron chi connectivity index (χ3n) is 11.1. The Kier molecular flexibility index (Phi) is 13.7. The Morgan fingerprint density at radius 3 is 1.88 bits per heavy atom. The fraction of sp³-hybridized carbons (Fsp3) is 0.326. The summed E-state index contributed by atoms with van der Waals surface area (Å²) in [6.45, 7) is -0.225. The SMILES string of the molecule is COc1ccc(C[C@H](NC(=O)C(F)(F)F)C(=O)N[C@H]2[C@@H](OC)[C@H](n3cnc4c(N(C)C)ncnc43)O[C@@H]2COC(c2ccccc2)(c2ccc(OC)cc2)c2ccc(OC)cc2)cc1. The largest absolute Gasteiger partial charge is 0.497 e. The third kappa shape index (κ3) is 9.29. The second-order valence-corrected chi connectivity index (χ2v) is 15.1. The fourth-order valence-corrected chi connectivity index (χ4v) is 7.88. The average molecular weight is 884 g/mol. The highest BCUT2D eigenvalue weighted by Gasteiger charge is 2.50. The number of anilines is 1. The molecular formula is C46H48F3N7O8. The molecule has 0 aliphatic carbocycles. The van der Waals surface area contributed by atoms with Crippen molar-refractivity contribution >= 4 is 28.8 Å². The minimum absolute atomic E-state index is 0.225. The minimum Gasteiger partial charge on any atom is -0.497 e. The Morgan fingerprint density at radius 1 is 0.781 bits per heavy atom. The summed E-state index contributed by atoms with van der Waals surface area (Å²) in [6.07, 6.45) is -5.74. The van der Waals surface area contributed by atoms with Crippen LogP contribution in [0, 0.1) is 0 Å². The van der Waals surface area contributed by atoms with Crippen LogP contribution in [0.1, 0.15) is 28.5 Å². The zero-order chi connectivity index (χ0) is 45.6. The summed E-state index contributed by atoms with van der Waals surface area (Å²) in [5.41, 5.74) is 2.15. The summed E-state index contributed by atoms with van der Waals surface area (Å²) in [5.74, 6) is -0.948. The van der Waals surface area contributed by atoms with Gasteiger partial charge in [0, 0.05) is 27.6 Å². The molecule has 1 aliphatic rings. The number of carbonyl (C=O) groups is 2. The Balaban J connectivity index is 1.32. The van der Waals surface area contributed by atoms with E-state index in [1.54, 1.807) is 48.0 Å². The van der Waals surface area contributed by atoms with Gasteiger partial charge in [-0.05, 0) is 58.7 Å². The van der Waals surface area contributed by atoms with E-state index in [0.717, 1.165) is 5.56 Å². The third-order valence-corrected chi connectivity index (χ3v) is 11.1. The zero-order valence-corrected chi connectivity index (χ0v) is 35.9. The number of nitrogens with one attached hydrogen (secondary N) is 2. The molecule has 2 amide bonds. The molecule has 0 spiro atoms. The van der Waals surface area contributed by atoms with Crippen LogP contribution in [0.4, 0.5) is 19.0 Å². The van der Waals surface area contributed by atoms with Gasteiger partial charge in [0.15, 0.2) is 23.2 Å². The number of halogens is 3. The van der Waals surface area contributed by atoms with Crippen LogP contribution < -0.4 is 29.7 Å². The number of hydrogen-bond donors (Lipinski definition) is 2. The lowest BCUT2D eigenvalue weighted by atomic mass is 9.80. The summed E-state index contributed by atoms with van der Waals surface area (Å²) < 4.78 is 79.3. The van der Waals surface area contributed by atoms with Gasteiger partial charge in [-0.1, -0.05) is 66.7 Å². The van der Waals surface area contributed by atoms with Crippen LogP contribution in [0.5, 0.6) is 17.2 Å². The van der Waals surface area contributed by atoms with E-state index >= 15 is 0 Å². The van der Waals surface area contributed by atoms with Crippen LogP contribution >= 0.6 is 0 Å². The molecule has 7 rings (SSSR count). The molecule has 0 unspecified atom stereocenters. The van der Waals surface area contributed by atoms with Crippen LogP contribution in [-0.4, -0.2) is 111 Å². The summed E-state index contributed by atoms with van der Waals surface area (Å²) in [5, 5.41) is 4.80. The number of rotatable bonds is 17. The normalized spacial score (nSPS) is 18.0. The molecule has 15 nitrogen and oxygen atoms in total. The number of hydrogen-bond acceptors (Lipinski definition) is 12. The maximum Gasteiger partial charge on any atom is 0.471 e. The van der Waals surface area contributed by atoms with Crippen LogP contribution in [0.15, 0.2) is 116 Å². The Morgan fingerprint density at radius 2 is 1.34 bits per heavy atom. The number of amides is 2. The van der Waals surface area contributed by atoms with Gasteiger partial charge in [-0.2, -0.15) is 13.2 Å². The monoisotopic (exact) mass is 883 g/mol. The molecule has 5 atom stereocenters. The number of aromatic nitrogens is 4. The van der Waals surface area contributed by atoms with Crippen molar-refractivity contribution < 1.29 is 51.2 Å². The molecule has 2 N–H and O–H groups in total. The predicted octanol–water partition coefficient (Wildman–Crippen LogP) is 5.61. The molecule has 3 heterocycles. The topological polar surface area (TPSA) is 160 Å². The lowest BCUT2D eigenvalue weighted by Gasteiger charge is -2.37.